The summed E-state index contributed by atoms with van der Waals surface area (Å²) in [5.41, 5.74) is 0.0380. The normalized spacial score (nSPS) is 23.8. The molecule has 3 saturated heterocycles. The molecule has 4 amide bonds. The molecule has 0 aromatic heterocycles. The molecule has 0 radical (unpaired) electrons. The number of carbonyl (C=O) groups excluding carboxylic acids is 4. The first-order chi connectivity index (χ1) is 21.1. The van der Waals surface area contributed by atoms with Gasteiger partial charge in [0.1, 0.15) is 12.1 Å². The van der Waals surface area contributed by atoms with Crippen LogP contribution in [0.3, 0.4) is 0 Å². The molecule has 3 fully saturated rings. The number of piperidine rings is 1. The van der Waals surface area contributed by atoms with Crippen molar-refractivity contribution in [2.45, 2.75) is 150 Å². The topological polar surface area (TPSA) is 93.3 Å². The van der Waals surface area contributed by atoms with Crippen molar-refractivity contribution >= 4 is 23.6 Å². The molecule has 1 unspecified atom stereocenters. The van der Waals surface area contributed by atoms with Gasteiger partial charge in [0.05, 0.1) is 12.1 Å². The molecule has 45 heavy (non-hydrogen) atoms. The lowest BCUT2D eigenvalue weighted by Crippen LogP contribution is -2.60. The number of nitrogens with one attached hydrogen (secondary N) is 1. The first-order valence-corrected chi connectivity index (χ1v) is 17.8. The summed E-state index contributed by atoms with van der Waals surface area (Å²) >= 11 is 0. The molecule has 9 heteroatoms. The van der Waals surface area contributed by atoms with Crippen LogP contribution in [0, 0.1) is 11.3 Å². The smallest absolute Gasteiger partial charge is 0.249 e. The Morgan fingerprint density at radius 1 is 0.800 bits per heavy atom. The summed E-state index contributed by atoms with van der Waals surface area (Å²) in [6, 6.07) is -1.46. The van der Waals surface area contributed by atoms with Gasteiger partial charge in [-0.05, 0) is 77.2 Å². The van der Waals surface area contributed by atoms with Gasteiger partial charge in [0.25, 0.3) is 0 Å². The lowest BCUT2D eigenvalue weighted by Gasteiger charge is -2.41. The maximum atomic E-state index is 14.2. The van der Waals surface area contributed by atoms with Crippen LogP contribution < -0.4 is 5.32 Å². The molecule has 4 atom stereocenters. The largest absolute Gasteiger partial charge is 0.342 e. The summed E-state index contributed by atoms with van der Waals surface area (Å²) in [6.45, 7) is 19.1. The maximum Gasteiger partial charge on any atom is 0.249 e. The third kappa shape index (κ3) is 9.55. The van der Waals surface area contributed by atoms with Crippen molar-refractivity contribution in [1.82, 2.24) is 24.9 Å². The minimum atomic E-state index is -0.713. The Morgan fingerprint density at radius 3 is 1.96 bits per heavy atom. The van der Waals surface area contributed by atoms with Gasteiger partial charge in [-0.2, -0.15) is 0 Å². The number of nitrogens with zero attached hydrogens (tertiary/aromatic N) is 4. The van der Waals surface area contributed by atoms with Gasteiger partial charge in [-0.1, -0.05) is 66.4 Å². The molecule has 3 rings (SSSR count). The van der Waals surface area contributed by atoms with E-state index >= 15 is 0 Å². The van der Waals surface area contributed by atoms with Gasteiger partial charge in [0.2, 0.25) is 23.6 Å². The van der Waals surface area contributed by atoms with Crippen LogP contribution in [-0.2, 0) is 19.2 Å². The van der Waals surface area contributed by atoms with Crippen molar-refractivity contribution in [2.75, 3.05) is 33.2 Å². The second-order valence-electron chi connectivity index (χ2n) is 15.4. The van der Waals surface area contributed by atoms with E-state index < -0.39 is 17.5 Å². The molecule has 0 aliphatic carbocycles. The van der Waals surface area contributed by atoms with E-state index in [-0.39, 0.29) is 47.7 Å². The number of rotatable bonds is 9. The van der Waals surface area contributed by atoms with Crippen molar-refractivity contribution in [3.8, 4) is 0 Å². The van der Waals surface area contributed by atoms with Crippen LogP contribution >= 0.6 is 0 Å². The summed E-state index contributed by atoms with van der Waals surface area (Å²) in [5, 5.41) is 3.15. The zero-order chi connectivity index (χ0) is 33.5. The highest BCUT2D eigenvalue weighted by Crippen LogP contribution is 2.27. The fourth-order valence-electron chi connectivity index (χ4n) is 7.34. The van der Waals surface area contributed by atoms with E-state index in [4.69, 9.17) is 0 Å². The molecule has 3 aliphatic heterocycles. The van der Waals surface area contributed by atoms with Crippen molar-refractivity contribution in [1.29, 1.82) is 0 Å². The zero-order valence-corrected chi connectivity index (χ0v) is 29.9. The summed E-state index contributed by atoms with van der Waals surface area (Å²) in [7, 11) is 1.78. The molecule has 3 heterocycles. The van der Waals surface area contributed by atoms with Crippen LogP contribution in [0.1, 0.15) is 120 Å². The van der Waals surface area contributed by atoms with Gasteiger partial charge in [-0.25, -0.2) is 0 Å². The Bertz CT molecular complexity index is 1060. The second-order valence-corrected chi connectivity index (χ2v) is 15.4. The molecule has 256 valence electrons. The fraction of sp³-hybridized carbons (Fsp3) is 0.833. The predicted molar refractivity (Wildman–Crippen MR) is 180 cm³/mol. The standard InChI is InChI=1S/C36H63N5O4/c1-25(2)30(24-27(5)33(43)41-23-17-19-29(41)34(44)39-20-14-11-10-12-15-21-39)38(9)35(45)31(36(6,7)8)37-32(42)28-18-13-16-22-40(28)26(3)4/h24-26,28-31H,10-23H2,1-9H3,(H,37,42)/b27-24+/t28-,29+,30?,31-/m1/s1. The summed E-state index contributed by atoms with van der Waals surface area (Å²) in [5.74, 6) is -0.260. The zero-order valence-electron chi connectivity index (χ0n) is 29.9. The highest BCUT2D eigenvalue weighted by molar-refractivity contribution is 5.97. The fourth-order valence-corrected chi connectivity index (χ4v) is 7.34. The average molecular weight is 630 g/mol. The van der Waals surface area contributed by atoms with E-state index in [0.717, 1.165) is 71.0 Å². The van der Waals surface area contributed by atoms with Gasteiger partial charge >= 0.3 is 0 Å². The van der Waals surface area contributed by atoms with Crippen LogP contribution in [0.2, 0.25) is 0 Å². The van der Waals surface area contributed by atoms with Crippen LogP contribution in [-0.4, -0.2) is 107 Å². The molecule has 0 aromatic rings. The Morgan fingerprint density at radius 2 is 1.38 bits per heavy atom. The van der Waals surface area contributed by atoms with Gasteiger partial charge in [-0.3, -0.25) is 24.1 Å². The van der Waals surface area contributed by atoms with Crippen molar-refractivity contribution in [3.63, 3.8) is 0 Å². The number of carbonyl (C=O) groups is 4. The SMILES string of the molecule is C/C(=C\C(C(C)C)N(C)C(=O)[C@@H](NC(=O)[C@H]1CCCCN1C(C)C)C(C)(C)C)C(=O)N1CCC[C@H]1C(=O)N1CCCCCCC1. The first-order valence-electron chi connectivity index (χ1n) is 17.8. The lowest BCUT2D eigenvalue weighted by atomic mass is 9.84. The van der Waals surface area contributed by atoms with Crippen LogP contribution in [0.15, 0.2) is 11.6 Å². The minimum Gasteiger partial charge on any atom is -0.342 e. The quantitative estimate of drug-likeness (QED) is 0.363. The highest BCUT2D eigenvalue weighted by atomic mass is 16.2. The molecule has 0 spiro atoms. The molecule has 1 N–H and O–H groups in total. The van der Waals surface area contributed by atoms with Crippen LogP contribution in [0.25, 0.3) is 0 Å². The summed E-state index contributed by atoms with van der Waals surface area (Å²) < 4.78 is 0. The van der Waals surface area contributed by atoms with Gasteiger partial charge in [0, 0.05) is 38.3 Å². The predicted octanol–water partition coefficient (Wildman–Crippen LogP) is 4.99. The minimum absolute atomic E-state index is 0.0323. The second kappa shape index (κ2) is 16.4. The molecule has 9 nitrogen and oxygen atoms in total. The molecule has 0 saturated carbocycles. The molecule has 0 aromatic carbocycles. The average Bonchev–Trinajstić information content (AvgIpc) is 3.46. The van der Waals surface area contributed by atoms with Gasteiger partial charge in [-0.15, -0.1) is 0 Å². The van der Waals surface area contributed by atoms with Gasteiger partial charge < -0.3 is 20.0 Å². The molecular weight excluding hydrogens is 566 g/mol. The highest BCUT2D eigenvalue weighted by Gasteiger charge is 2.41. The van der Waals surface area contributed by atoms with Crippen molar-refractivity contribution in [2.24, 2.45) is 11.3 Å². The van der Waals surface area contributed by atoms with Crippen LogP contribution in [0.4, 0.5) is 0 Å². The number of likely N-dealkylation sites (tertiary alicyclic amines) is 3. The summed E-state index contributed by atoms with van der Waals surface area (Å²) in [6.07, 6.45) is 11.9. The maximum absolute atomic E-state index is 14.2. The molecular formula is C36H63N5O4. The number of likely N-dealkylation sites (N-methyl/N-ethyl adjacent to an activating group) is 1. The Balaban J connectivity index is 1.77. The van der Waals surface area contributed by atoms with Crippen molar-refractivity contribution in [3.05, 3.63) is 11.6 Å². The molecule has 3 aliphatic rings. The van der Waals surface area contributed by atoms with E-state index in [0.29, 0.717) is 18.5 Å². The van der Waals surface area contributed by atoms with E-state index in [1.165, 1.54) is 6.42 Å². The Kier molecular flexibility index (Phi) is 13.5. The number of hydrogen-bond donors (Lipinski definition) is 1. The van der Waals surface area contributed by atoms with E-state index in [2.05, 4.69) is 24.1 Å². The number of amides is 4. The molecule has 0 bridgehead atoms. The Hall–Kier alpha value is -2.42. The van der Waals surface area contributed by atoms with Gasteiger partial charge in [0.15, 0.2) is 0 Å². The van der Waals surface area contributed by atoms with E-state index in [1.54, 1.807) is 23.8 Å². The monoisotopic (exact) mass is 629 g/mol. The summed E-state index contributed by atoms with van der Waals surface area (Å²) in [4.78, 5) is 62.9. The van der Waals surface area contributed by atoms with Crippen molar-refractivity contribution < 1.29 is 19.2 Å². The van der Waals surface area contributed by atoms with E-state index in [9.17, 15) is 19.2 Å². The third-order valence-electron chi connectivity index (χ3n) is 10.1. The van der Waals surface area contributed by atoms with Crippen LogP contribution in [0.5, 0.6) is 0 Å². The van der Waals surface area contributed by atoms with E-state index in [1.807, 2.05) is 45.6 Å². The first kappa shape index (κ1) is 37.0. The third-order valence-corrected chi connectivity index (χ3v) is 10.1. The number of hydrogen-bond acceptors (Lipinski definition) is 5. The lowest BCUT2D eigenvalue weighted by molar-refractivity contribution is -0.142. The Labute approximate surface area is 273 Å².